The molecule has 1 saturated heterocycles. The van der Waals surface area contributed by atoms with E-state index in [0.717, 1.165) is 47.3 Å². The van der Waals surface area contributed by atoms with Crippen LogP contribution in [0.5, 0.6) is 0 Å². The summed E-state index contributed by atoms with van der Waals surface area (Å²) in [6.45, 7) is 3.18. The standard InChI is InChI=1S/C29H25FN8/c30-21-6-4-5-19(12-21)26-28-23(7-8-32-26)34-29(35-28)27-22-13-24(33-16-25(22)36-37-27)20-11-18(14-31-15-20)17-38-9-2-1-3-10-38/h4-8,11-16H,1-3,9-10,17H2,(H,34,35)(H,36,37). The summed E-state index contributed by atoms with van der Waals surface area (Å²) in [5, 5.41) is 8.51. The van der Waals surface area contributed by atoms with Gasteiger partial charge in [-0.1, -0.05) is 18.6 Å². The summed E-state index contributed by atoms with van der Waals surface area (Å²) >= 11 is 0. The van der Waals surface area contributed by atoms with Crippen LogP contribution in [-0.2, 0) is 6.54 Å². The van der Waals surface area contributed by atoms with Crippen molar-refractivity contribution in [2.45, 2.75) is 25.8 Å². The second kappa shape index (κ2) is 9.42. The molecule has 38 heavy (non-hydrogen) atoms. The van der Waals surface area contributed by atoms with E-state index < -0.39 is 0 Å². The lowest BCUT2D eigenvalue weighted by atomic mass is 10.1. The average Bonchev–Trinajstić information content (AvgIpc) is 3.57. The SMILES string of the molecule is Fc1cccc(-c2nccc3[nH]c(-c4n[nH]c5cnc(-c6cncc(CN7CCCCC7)c6)cc45)nc23)c1. The highest BCUT2D eigenvalue weighted by Gasteiger charge is 2.17. The van der Waals surface area contributed by atoms with E-state index in [1.54, 1.807) is 18.5 Å². The van der Waals surface area contributed by atoms with Crippen molar-refractivity contribution >= 4 is 21.9 Å². The molecule has 5 aromatic heterocycles. The highest BCUT2D eigenvalue weighted by molar-refractivity contribution is 5.96. The van der Waals surface area contributed by atoms with Crippen LogP contribution in [0.1, 0.15) is 24.8 Å². The number of halogens is 1. The van der Waals surface area contributed by atoms with Gasteiger partial charge in [-0.05, 0) is 61.8 Å². The molecule has 0 atom stereocenters. The molecule has 0 unspecified atom stereocenters. The van der Waals surface area contributed by atoms with Gasteiger partial charge in [0.25, 0.3) is 0 Å². The van der Waals surface area contributed by atoms with Crippen LogP contribution in [0.4, 0.5) is 4.39 Å². The highest BCUT2D eigenvalue weighted by Crippen LogP contribution is 2.32. The Balaban J connectivity index is 1.26. The lowest BCUT2D eigenvalue weighted by molar-refractivity contribution is 0.220. The summed E-state index contributed by atoms with van der Waals surface area (Å²) < 4.78 is 13.9. The molecule has 1 aromatic carbocycles. The number of aromatic nitrogens is 7. The molecule has 0 amide bonds. The molecule has 1 aliphatic heterocycles. The normalized spacial score (nSPS) is 14.4. The van der Waals surface area contributed by atoms with E-state index in [1.807, 2.05) is 30.6 Å². The molecule has 2 N–H and O–H groups in total. The Morgan fingerprint density at radius 3 is 2.68 bits per heavy atom. The molecule has 188 valence electrons. The first-order valence-corrected chi connectivity index (χ1v) is 12.8. The van der Waals surface area contributed by atoms with Gasteiger partial charge in [0.1, 0.15) is 17.0 Å². The lowest BCUT2D eigenvalue weighted by Crippen LogP contribution is -2.29. The number of imidazole rings is 1. The fourth-order valence-electron chi connectivity index (χ4n) is 5.24. The van der Waals surface area contributed by atoms with Gasteiger partial charge in [-0.2, -0.15) is 5.10 Å². The van der Waals surface area contributed by atoms with E-state index in [9.17, 15) is 4.39 Å². The van der Waals surface area contributed by atoms with Crippen molar-refractivity contribution in [3.05, 3.63) is 78.6 Å². The van der Waals surface area contributed by atoms with E-state index in [-0.39, 0.29) is 5.82 Å². The Morgan fingerprint density at radius 2 is 1.79 bits per heavy atom. The Bertz CT molecular complexity index is 1770. The average molecular weight is 505 g/mol. The Morgan fingerprint density at radius 1 is 0.868 bits per heavy atom. The topological polar surface area (TPSA) is 99.3 Å². The minimum atomic E-state index is -0.315. The van der Waals surface area contributed by atoms with Gasteiger partial charge in [-0.3, -0.25) is 25.0 Å². The number of pyridine rings is 3. The maximum atomic E-state index is 13.9. The van der Waals surface area contributed by atoms with Gasteiger partial charge in [0, 0.05) is 41.6 Å². The molecule has 0 spiro atoms. The molecular formula is C29H25FN8. The van der Waals surface area contributed by atoms with Crippen molar-refractivity contribution in [1.29, 1.82) is 0 Å². The van der Waals surface area contributed by atoms with E-state index in [2.05, 4.69) is 41.1 Å². The third-order valence-corrected chi connectivity index (χ3v) is 7.12. The maximum absolute atomic E-state index is 13.9. The molecule has 9 heteroatoms. The number of fused-ring (bicyclic) bond motifs is 2. The van der Waals surface area contributed by atoms with Crippen LogP contribution in [0.25, 0.3) is 56.0 Å². The van der Waals surface area contributed by atoms with Crippen molar-refractivity contribution in [1.82, 2.24) is 40.0 Å². The predicted molar refractivity (Wildman–Crippen MR) is 145 cm³/mol. The second-order valence-corrected chi connectivity index (χ2v) is 9.76. The summed E-state index contributed by atoms with van der Waals surface area (Å²) in [4.78, 5) is 24.3. The molecule has 0 radical (unpaired) electrons. The molecule has 1 fully saturated rings. The monoisotopic (exact) mass is 504 g/mol. The van der Waals surface area contributed by atoms with Crippen LogP contribution in [-0.4, -0.2) is 53.1 Å². The van der Waals surface area contributed by atoms with Gasteiger partial charge in [0.05, 0.1) is 28.6 Å². The first-order valence-electron chi connectivity index (χ1n) is 12.8. The Hall–Kier alpha value is -4.50. The lowest BCUT2D eigenvalue weighted by Gasteiger charge is -2.26. The number of hydrogen-bond acceptors (Lipinski definition) is 6. The van der Waals surface area contributed by atoms with Crippen LogP contribution in [0, 0.1) is 5.82 Å². The summed E-state index contributed by atoms with van der Waals surface area (Å²) in [6, 6.07) is 12.4. The van der Waals surface area contributed by atoms with Crippen molar-refractivity contribution in [2.75, 3.05) is 13.1 Å². The fourth-order valence-corrected chi connectivity index (χ4v) is 5.24. The van der Waals surface area contributed by atoms with Crippen LogP contribution >= 0.6 is 0 Å². The van der Waals surface area contributed by atoms with Crippen molar-refractivity contribution in [2.24, 2.45) is 0 Å². The largest absolute Gasteiger partial charge is 0.336 e. The van der Waals surface area contributed by atoms with Gasteiger partial charge in [-0.25, -0.2) is 9.37 Å². The fraction of sp³-hybridized carbons (Fsp3) is 0.207. The molecule has 0 aliphatic carbocycles. The van der Waals surface area contributed by atoms with Crippen molar-refractivity contribution < 1.29 is 4.39 Å². The third kappa shape index (κ3) is 4.20. The smallest absolute Gasteiger partial charge is 0.159 e. The van der Waals surface area contributed by atoms with E-state index >= 15 is 0 Å². The Kier molecular flexibility index (Phi) is 5.62. The Labute approximate surface area is 218 Å². The maximum Gasteiger partial charge on any atom is 0.159 e. The molecule has 6 heterocycles. The van der Waals surface area contributed by atoms with Crippen molar-refractivity contribution in [3.63, 3.8) is 0 Å². The minimum Gasteiger partial charge on any atom is -0.336 e. The summed E-state index contributed by atoms with van der Waals surface area (Å²) in [5.74, 6) is 0.288. The van der Waals surface area contributed by atoms with Crippen LogP contribution in [0.15, 0.2) is 67.3 Å². The zero-order valence-corrected chi connectivity index (χ0v) is 20.7. The first kappa shape index (κ1) is 22.7. The number of likely N-dealkylation sites (tertiary alicyclic amines) is 1. The molecular weight excluding hydrogens is 479 g/mol. The second-order valence-electron chi connectivity index (χ2n) is 9.76. The molecule has 0 saturated carbocycles. The third-order valence-electron chi connectivity index (χ3n) is 7.12. The van der Waals surface area contributed by atoms with Gasteiger partial charge in [0.15, 0.2) is 5.82 Å². The van der Waals surface area contributed by atoms with E-state index in [1.165, 1.54) is 37.0 Å². The summed E-state index contributed by atoms with van der Waals surface area (Å²) in [5.41, 5.74) is 7.22. The van der Waals surface area contributed by atoms with E-state index in [0.29, 0.717) is 28.3 Å². The number of nitrogens with zero attached hydrogens (tertiary/aromatic N) is 6. The molecule has 7 rings (SSSR count). The number of benzene rings is 1. The van der Waals surface area contributed by atoms with Crippen LogP contribution in [0.2, 0.25) is 0 Å². The van der Waals surface area contributed by atoms with Crippen LogP contribution in [0.3, 0.4) is 0 Å². The van der Waals surface area contributed by atoms with E-state index in [4.69, 9.17) is 4.98 Å². The molecule has 6 aromatic rings. The summed E-state index contributed by atoms with van der Waals surface area (Å²) in [6.07, 6.45) is 11.1. The quantitative estimate of drug-likeness (QED) is 0.310. The number of hydrogen-bond donors (Lipinski definition) is 2. The number of rotatable bonds is 5. The molecule has 8 nitrogen and oxygen atoms in total. The molecule has 0 bridgehead atoms. The van der Waals surface area contributed by atoms with Crippen molar-refractivity contribution in [3.8, 4) is 34.0 Å². The number of piperidine rings is 1. The highest BCUT2D eigenvalue weighted by atomic mass is 19.1. The van der Waals surface area contributed by atoms with Gasteiger partial charge in [-0.15, -0.1) is 0 Å². The van der Waals surface area contributed by atoms with Crippen LogP contribution < -0.4 is 0 Å². The zero-order valence-electron chi connectivity index (χ0n) is 20.7. The van der Waals surface area contributed by atoms with Gasteiger partial charge in [0.2, 0.25) is 0 Å². The first-order chi connectivity index (χ1) is 18.7. The number of aromatic amines is 2. The van der Waals surface area contributed by atoms with Gasteiger partial charge >= 0.3 is 0 Å². The molecule has 1 aliphatic rings. The number of H-pyrrole nitrogens is 2. The number of nitrogens with one attached hydrogen (secondary N) is 2. The predicted octanol–water partition coefficient (Wildman–Crippen LogP) is 5.75. The van der Waals surface area contributed by atoms with Gasteiger partial charge < -0.3 is 4.98 Å². The summed E-state index contributed by atoms with van der Waals surface area (Å²) in [7, 11) is 0. The zero-order chi connectivity index (χ0) is 25.5. The minimum absolute atomic E-state index is 0.315.